The highest BCUT2D eigenvalue weighted by molar-refractivity contribution is 5.28. The number of benzene rings is 1. The molecule has 1 fully saturated rings. The molecule has 1 aromatic carbocycles. The zero-order valence-electron chi connectivity index (χ0n) is 12.8. The normalized spacial score (nSPS) is 28.4. The van der Waals surface area contributed by atoms with Crippen LogP contribution in [-0.4, -0.2) is 12.2 Å². The Labute approximate surface area is 121 Å². The second-order valence-electron chi connectivity index (χ2n) is 6.19. The van der Waals surface area contributed by atoms with Gasteiger partial charge in [0.25, 0.3) is 0 Å². The lowest BCUT2D eigenvalue weighted by Gasteiger charge is -2.44. The van der Waals surface area contributed by atoms with Crippen molar-refractivity contribution in [3.63, 3.8) is 0 Å². The average Bonchev–Trinajstić information content (AvgIpc) is 2.41. The van der Waals surface area contributed by atoms with Crippen molar-refractivity contribution in [1.82, 2.24) is 0 Å². The average molecular weight is 279 g/mol. The van der Waals surface area contributed by atoms with Gasteiger partial charge in [0, 0.05) is 6.61 Å². The Morgan fingerprint density at radius 1 is 1.50 bits per heavy atom. The third kappa shape index (κ3) is 3.04. The summed E-state index contributed by atoms with van der Waals surface area (Å²) in [6.45, 7) is 6.67. The molecule has 1 saturated carbocycles. The Balaban J connectivity index is 2.30. The minimum Gasteiger partial charge on any atom is -0.373 e. The fourth-order valence-corrected chi connectivity index (χ4v) is 3.44. The molecule has 20 heavy (non-hydrogen) atoms. The Kier molecular flexibility index (Phi) is 4.82. The van der Waals surface area contributed by atoms with Crippen molar-refractivity contribution < 1.29 is 9.13 Å². The number of hydrogen-bond donors (Lipinski definition) is 1. The second-order valence-corrected chi connectivity index (χ2v) is 6.19. The van der Waals surface area contributed by atoms with E-state index in [4.69, 9.17) is 10.5 Å². The lowest BCUT2D eigenvalue weighted by Crippen LogP contribution is -2.47. The molecule has 2 nitrogen and oxygen atoms in total. The Bertz CT molecular complexity index is 458. The molecule has 0 amide bonds. The van der Waals surface area contributed by atoms with Gasteiger partial charge >= 0.3 is 0 Å². The van der Waals surface area contributed by atoms with Crippen LogP contribution in [0.4, 0.5) is 4.39 Å². The van der Waals surface area contributed by atoms with Crippen LogP contribution >= 0.6 is 0 Å². The lowest BCUT2D eigenvalue weighted by atomic mass is 9.73. The van der Waals surface area contributed by atoms with E-state index in [1.807, 2.05) is 13.0 Å². The van der Waals surface area contributed by atoms with Crippen LogP contribution < -0.4 is 5.73 Å². The molecule has 2 N–H and O–H groups in total. The van der Waals surface area contributed by atoms with Gasteiger partial charge < -0.3 is 10.5 Å². The number of rotatable bonds is 4. The number of aryl methyl sites for hydroxylation is 1. The summed E-state index contributed by atoms with van der Waals surface area (Å²) >= 11 is 0. The van der Waals surface area contributed by atoms with E-state index in [0.29, 0.717) is 18.1 Å². The van der Waals surface area contributed by atoms with Crippen LogP contribution in [-0.2, 0) is 4.74 Å². The Morgan fingerprint density at radius 3 is 2.85 bits per heavy atom. The van der Waals surface area contributed by atoms with Gasteiger partial charge in [-0.1, -0.05) is 31.9 Å². The first-order valence-electron chi connectivity index (χ1n) is 7.64. The van der Waals surface area contributed by atoms with Crippen molar-refractivity contribution in [2.24, 2.45) is 11.7 Å². The first-order valence-corrected chi connectivity index (χ1v) is 7.64. The molecule has 1 aromatic rings. The largest absolute Gasteiger partial charge is 0.373 e. The highest BCUT2D eigenvalue weighted by atomic mass is 19.1. The van der Waals surface area contributed by atoms with Gasteiger partial charge in [-0.3, -0.25) is 0 Å². The van der Waals surface area contributed by atoms with Gasteiger partial charge in [-0.25, -0.2) is 4.39 Å². The predicted octanol–water partition coefficient (Wildman–Crippen LogP) is 4.12. The third-order valence-corrected chi connectivity index (χ3v) is 4.54. The second kappa shape index (κ2) is 6.23. The van der Waals surface area contributed by atoms with E-state index in [-0.39, 0.29) is 17.5 Å². The van der Waals surface area contributed by atoms with Gasteiger partial charge in [0.15, 0.2) is 0 Å². The Morgan fingerprint density at radius 2 is 2.25 bits per heavy atom. The molecule has 0 aliphatic heterocycles. The van der Waals surface area contributed by atoms with Gasteiger partial charge in [-0.2, -0.15) is 0 Å². The maximum absolute atomic E-state index is 13.8. The first-order chi connectivity index (χ1) is 9.48. The predicted molar refractivity (Wildman–Crippen MR) is 80.1 cm³/mol. The number of ether oxygens (including phenoxy) is 1. The minimum atomic E-state index is -0.339. The summed E-state index contributed by atoms with van der Waals surface area (Å²) in [5, 5.41) is 0. The van der Waals surface area contributed by atoms with E-state index in [1.165, 1.54) is 6.42 Å². The molecule has 0 saturated heterocycles. The minimum absolute atomic E-state index is 0.187. The fraction of sp³-hybridized carbons (Fsp3) is 0.647. The van der Waals surface area contributed by atoms with Crippen molar-refractivity contribution in [3.05, 3.63) is 35.1 Å². The monoisotopic (exact) mass is 279 g/mol. The third-order valence-electron chi connectivity index (χ3n) is 4.54. The Hall–Kier alpha value is -0.930. The molecule has 2 rings (SSSR count). The maximum atomic E-state index is 13.8. The summed E-state index contributed by atoms with van der Waals surface area (Å²) in [6, 6.07) is 5.04. The van der Waals surface area contributed by atoms with Crippen LogP contribution in [0, 0.1) is 18.7 Å². The summed E-state index contributed by atoms with van der Waals surface area (Å²) in [5.74, 6) is 0.421. The van der Waals surface area contributed by atoms with Crippen molar-refractivity contribution in [2.45, 2.75) is 58.1 Å². The van der Waals surface area contributed by atoms with Crippen LogP contribution in [0.15, 0.2) is 18.2 Å². The van der Waals surface area contributed by atoms with Gasteiger partial charge in [0.2, 0.25) is 0 Å². The lowest BCUT2D eigenvalue weighted by molar-refractivity contribution is -0.0938. The molecular formula is C17H26FNO. The molecule has 3 atom stereocenters. The highest BCUT2D eigenvalue weighted by Crippen LogP contribution is 2.42. The molecule has 1 aliphatic carbocycles. The van der Waals surface area contributed by atoms with E-state index < -0.39 is 0 Å². The van der Waals surface area contributed by atoms with Crippen LogP contribution in [0.2, 0.25) is 0 Å². The molecule has 0 bridgehead atoms. The molecule has 3 heteroatoms. The zero-order chi connectivity index (χ0) is 14.8. The molecule has 0 heterocycles. The van der Waals surface area contributed by atoms with E-state index >= 15 is 0 Å². The topological polar surface area (TPSA) is 35.2 Å². The van der Waals surface area contributed by atoms with Crippen molar-refractivity contribution in [1.29, 1.82) is 0 Å². The van der Waals surface area contributed by atoms with E-state index in [0.717, 1.165) is 24.8 Å². The fourth-order valence-electron chi connectivity index (χ4n) is 3.44. The van der Waals surface area contributed by atoms with Gasteiger partial charge in [0.05, 0.1) is 11.6 Å². The van der Waals surface area contributed by atoms with E-state index in [9.17, 15) is 4.39 Å². The van der Waals surface area contributed by atoms with Crippen LogP contribution in [0.1, 0.15) is 56.7 Å². The SMILES string of the molecule is CCOC1(C(N)c2ccc(C)c(F)c2)CCCC(C)C1. The quantitative estimate of drug-likeness (QED) is 0.899. The molecular weight excluding hydrogens is 253 g/mol. The zero-order valence-corrected chi connectivity index (χ0v) is 12.8. The van der Waals surface area contributed by atoms with Gasteiger partial charge in [-0.05, 0) is 49.8 Å². The van der Waals surface area contributed by atoms with Crippen molar-refractivity contribution >= 4 is 0 Å². The van der Waals surface area contributed by atoms with Gasteiger partial charge in [-0.15, -0.1) is 0 Å². The van der Waals surface area contributed by atoms with Gasteiger partial charge in [0.1, 0.15) is 5.82 Å². The molecule has 3 unspecified atom stereocenters. The van der Waals surface area contributed by atoms with Crippen molar-refractivity contribution in [2.75, 3.05) is 6.61 Å². The summed E-state index contributed by atoms with van der Waals surface area (Å²) in [7, 11) is 0. The molecule has 112 valence electrons. The van der Waals surface area contributed by atoms with Crippen LogP contribution in [0.25, 0.3) is 0 Å². The summed E-state index contributed by atoms with van der Waals surface area (Å²) in [4.78, 5) is 0. The van der Waals surface area contributed by atoms with E-state index in [1.54, 1.807) is 19.1 Å². The summed E-state index contributed by atoms with van der Waals surface area (Å²) < 4.78 is 19.9. The van der Waals surface area contributed by atoms with Crippen molar-refractivity contribution in [3.8, 4) is 0 Å². The summed E-state index contributed by atoms with van der Waals surface area (Å²) in [5.41, 5.74) is 7.64. The number of halogens is 1. The standard InChI is InChI=1S/C17H26FNO/c1-4-20-17(9-5-6-12(2)11-17)16(19)14-8-7-13(3)15(18)10-14/h7-8,10,12,16H,4-6,9,11,19H2,1-3H3. The number of nitrogens with two attached hydrogens (primary N) is 1. The highest BCUT2D eigenvalue weighted by Gasteiger charge is 2.41. The first kappa shape index (κ1) is 15.5. The summed E-state index contributed by atoms with van der Waals surface area (Å²) in [6.07, 6.45) is 4.27. The molecule has 0 aromatic heterocycles. The molecule has 1 aliphatic rings. The molecule has 0 radical (unpaired) electrons. The maximum Gasteiger partial charge on any atom is 0.126 e. The van der Waals surface area contributed by atoms with E-state index in [2.05, 4.69) is 6.92 Å². The van der Waals surface area contributed by atoms with Crippen LogP contribution in [0.3, 0.4) is 0 Å². The smallest absolute Gasteiger partial charge is 0.126 e. The number of hydrogen-bond acceptors (Lipinski definition) is 2. The molecule has 0 spiro atoms. The van der Waals surface area contributed by atoms with Crippen LogP contribution in [0.5, 0.6) is 0 Å².